The molecule has 1 saturated carbocycles. The summed E-state index contributed by atoms with van der Waals surface area (Å²) >= 11 is 0. The molecule has 130 valence electrons. The van der Waals surface area contributed by atoms with Crippen molar-refractivity contribution in [2.45, 2.75) is 25.0 Å². The Morgan fingerprint density at radius 2 is 2.08 bits per heavy atom. The van der Waals surface area contributed by atoms with Crippen LogP contribution < -0.4 is 5.32 Å². The van der Waals surface area contributed by atoms with Crippen LogP contribution in [0.25, 0.3) is 0 Å². The molecule has 24 heavy (non-hydrogen) atoms. The van der Waals surface area contributed by atoms with Gasteiger partial charge in [-0.3, -0.25) is 9.79 Å². The van der Waals surface area contributed by atoms with Crippen LogP contribution in [0.5, 0.6) is 0 Å². The molecule has 0 spiro atoms. The minimum Gasteiger partial charge on any atom is -0.387 e. The van der Waals surface area contributed by atoms with Gasteiger partial charge in [-0.2, -0.15) is 0 Å². The maximum absolute atomic E-state index is 12.9. The van der Waals surface area contributed by atoms with E-state index < -0.39 is 6.10 Å². The number of piperazine rings is 1. The van der Waals surface area contributed by atoms with Crippen LogP contribution in [0, 0.1) is 5.82 Å². The first-order valence-electron chi connectivity index (χ1n) is 8.27. The van der Waals surface area contributed by atoms with Crippen molar-refractivity contribution in [3.8, 4) is 0 Å². The van der Waals surface area contributed by atoms with Gasteiger partial charge in [0.25, 0.3) is 0 Å². The van der Waals surface area contributed by atoms with Crippen molar-refractivity contribution in [1.82, 2.24) is 15.1 Å². The second kappa shape index (κ2) is 7.17. The standard InChI is InChI=1S/C17H23FN4O2/c1-19-17(20-10-15(23)12-2-4-13(18)5-3-12)21-8-9-22(14-6-7-14)16(24)11-21/h2-5,14-15,23H,6-11H2,1H3,(H,19,20). The molecule has 2 fully saturated rings. The zero-order valence-electron chi connectivity index (χ0n) is 13.8. The molecule has 1 heterocycles. The number of hydrogen-bond donors (Lipinski definition) is 2. The van der Waals surface area contributed by atoms with E-state index in [9.17, 15) is 14.3 Å². The number of carbonyl (C=O) groups is 1. The molecule has 2 N–H and O–H groups in total. The van der Waals surface area contributed by atoms with Crippen molar-refractivity contribution >= 4 is 11.9 Å². The summed E-state index contributed by atoms with van der Waals surface area (Å²) < 4.78 is 12.9. The van der Waals surface area contributed by atoms with Crippen LogP contribution in [-0.2, 0) is 4.79 Å². The lowest BCUT2D eigenvalue weighted by atomic mass is 10.1. The van der Waals surface area contributed by atoms with E-state index in [4.69, 9.17) is 0 Å². The van der Waals surface area contributed by atoms with Crippen LogP contribution in [0.15, 0.2) is 29.3 Å². The maximum atomic E-state index is 12.9. The van der Waals surface area contributed by atoms with Crippen LogP contribution in [0.1, 0.15) is 24.5 Å². The molecule has 0 radical (unpaired) electrons. The van der Waals surface area contributed by atoms with E-state index in [1.807, 2.05) is 9.80 Å². The first-order chi connectivity index (χ1) is 11.6. The SMILES string of the molecule is CN=C(NCC(O)c1ccc(F)cc1)N1CCN(C2CC2)C(=O)C1. The van der Waals surface area contributed by atoms with Crippen molar-refractivity contribution in [2.75, 3.05) is 33.2 Å². The maximum Gasteiger partial charge on any atom is 0.242 e. The van der Waals surface area contributed by atoms with Crippen LogP contribution >= 0.6 is 0 Å². The van der Waals surface area contributed by atoms with Crippen molar-refractivity contribution in [2.24, 2.45) is 4.99 Å². The fraction of sp³-hybridized carbons (Fsp3) is 0.529. The molecule has 0 bridgehead atoms. The average molecular weight is 334 g/mol. The van der Waals surface area contributed by atoms with Gasteiger partial charge in [0.1, 0.15) is 5.82 Å². The average Bonchev–Trinajstić information content (AvgIpc) is 3.41. The summed E-state index contributed by atoms with van der Waals surface area (Å²) in [5, 5.41) is 13.3. The van der Waals surface area contributed by atoms with Crippen LogP contribution in [0.4, 0.5) is 4.39 Å². The molecule has 1 aliphatic carbocycles. The Balaban J connectivity index is 1.53. The third-order valence-electron chi connectivity index (χ3n) is 4.46. The normalized spacial score (nSPS) is 20.3. The molecule has 1 aromatic rings. The Morgan fingerprint density at radius 3 is 2.67 bits per heavy atom. The third kappa shape index (κ3) is 3.84. The summed E-state index contributed by atoms with van der Waals surface area (Å²) in [5.41, 5.74) is 0.633. The van der Waals surface area contributed by atoms with Crippen LogP contribution in [-0.4, -0.2) is 66.0 Å². The quantitative estimate of drug-likeness (QED) is 0.630. The second-order valence-electron chi connectivity index (χ2n) is 6.24. The van der Waals surface area contributed by atoms with Crippen molar-refractivity contribution < 1.29 is 14.3 Å². The van der Waals surface area contributed by atoms with Crippen LogP contribution in [0.2, 0.25) is 0 Å². The molecule has 3 rings (SSSR count). The number of guanidine groups is 1. The van der Waals surface area contributed by atoms with Gasteiger partial charge in [-0.05, 0) is 30.5 Å². The molecule has 1 atom stereocenters. The van der Waals surface area contributed by atoms with E-state index in [1.54, 1.807) is 19.2 Å². The number of aliphatic hydroxyl groups excluding tert-OH is 1. The topological polar surface area (TPSA) is 68.2 Å². The summed E-state index contributed by atoms with van der Waals surface area (Å²) in [4.78, 5) is 20.3. The van der Waals surface area contributed by atoms with Gasteiger partial charge >= 0.3 is 0 Å². The lowest BCUT2D eigenvalue weighted by molar-refractivity contribution is -0.135. The molecular weight excluding hydrogens is 311 g/mol. The summed E-state index contributed by atoms with van der Waals surface area (Å²) in [7, 11) is 1.66. The highest BCUT2D eigenvalue weighted by molar-refractivity contribution is 5.88. The fourth-order valence-electron chi connectivity index (χ4n) is 2.96. The minimum absolute atomic E-state index is 0.130. The smallest absolute Gasteiger partial charge is 0.242 e. The highest BCUT2D eigenvalue weighted by Gasteiger charge is 2.36. The summed E-state index contributed by atoms with van der Waals surface area (Å²) in [6, 6.07) is 6.20. The predicted octanol–water partition coefficient (Wildman–Crippen LogP) is 0.741. The third-order valence-corrected chi connectivity index (χ3v) is 4.46. The minimum atomic E-state index is -0.772. The number of nitrogens with one attached hydrogen (secondary N) is 1. The second-order valence-corrected chi connectivity index (χ2v) is 6.24. The summed E-state index contributed by atoms with van der Waals surface area (Å²) in [5.74, 6) is 0.396. The molecule has 1 saturated heterocycles. The molecule has 1 unspecified atom stereocenters. The van der Waals surface area contributed by atoms with Crippen molar-refractivity contribution in [3.05, 3.63) is 35.6 Å². The van der Waals surface area contributed by atoms with Gasteiger partial charge in [0.05, 0.1) is 12.6 Å². The molecule has 6 nitrogen and oxygen atoms in total. The number of benzene rings is 1. The lowest BCUT2D eigenvalue weighted by Crippen LogP contribution is -2.56. The monoisotopic (exact) mass is 334 g/mol. The van der Waals surface area contributed by atoms with Crippen molar-refractivity contribution in [1.29, 1.82) is 0 Å². The number of rotatable bonds is 4. The highest BCUT2D eigenvalue weighted by atomic mass is 19.1. The first kappa shape index (κ1) is 16.7. The molecule has 7 heteroatoms. The number of aliphatic hydroxyl groups is 1. The van der Waals surface area contributed by atoms with E-state index in [0.717, 1.165) is 19.4 Å². The zero-order chi connectivity index (χ0) is 17.1. The van der Waals surface area contributed by atoms with E-state index in [2.05, 4.69) is 10.3 Å². The van der Waals surface area contributed by atoms with E-state index >= 15 is 0 Å². The van der Waals surface area contributed by atoms with E-state index in [-0.39, 0.29) is 18.3 Å². The first-order valence-corrected chi connectivity index (χ1v) is 8.27. The van der Waals surface area contributed by atoms with Gasteiger partial charge in [0, 0.05) is 32.7 Å². The van der Waals surface area contributed by atoms with E-state index in [0.29, 0.717) is 30.7 Å². The summed E-state index contributed by atoms with van der Waals surface area (Å²) in [6.07, 6.45) is 1.45. The fourth-order valence-corrected chi connectivity index (χ4v) is 2.96. The predicted molar refractivity (Wildman–Crippen MR) is 89.0 cm³/mol. The Morgan fingerprint density at radius 1 is 1.38 bits per heavy atom. The Kier molecular flexibility index (Phi) is 4.99. The largest absolute Gasteiger partial charge is 0.387 e. The molecule has 0 aromatic heterocycles. The number of halogens is 1. The van der Waals surface area contributed by atoms with Crippen molar-refractivity contribution in [3.63, 3.8) is 0 Å². The van der Waals surface area contributed by atoms with Gasteiger partial charge in [-0.1, -0.05) is 12.1 Å². The number of aliphatic imine (C=N–C) groups is 1. The Labute approximate surface area is 141 Å². The molecule has 1 aliphatic heterocycles. The molecule has 2 aliphatic rings. The Hall–Kier alpha value is -2.15. The van der Waals surface area contributed by atoms with Gasteiger partial charge in [0.2, 0.25) is 5.91 Å². The van der Waals surface area contributed by atoms with Gasteiger partial charge in [-0.25, -0.2) is 4.39 Å². The highest BCUT2D eigenvalue weighted by Crippen LogP contribution is 2.28. The number of hydrogen-bond acceptors (Lipinski definition) is 3. The molecule has 1 aromatic carbocycles. The number of nitrogens with zero attached hydrogens (tertiary/aromatic N) is 3. The molecular formula is C17H23FN4O2. The van der Waals surface area contributed by atoms with Crippen LogP contribution in [0.3, 0.4) is 0 Å². The number of amides is 1. The molecule has 1 amide bonds. The van der Waals surface area contributed by atoms with Gasteiger partial charge in [0.15, 0.2) is 5.96 Å². The van der Waals surface area contributed by atoms with E-state index in [1.165, 1.54) is 12.1 Å². The Bertz CT molecular complexity index is 616. The van der Waals surface area contributed by atoms with Gasteiger partial charge < -0.3 is 20.2 Å². The zero-order valence-corrected chi connectivity index (χ0v) is 13.8. The summed E-state index contributed by atoms with van der Waals surface area (Å²) in [6.45, 7) is 2.00. The number of carbonyl (C=O) groups excluding carboxylic acids is 1. The van der Waals surface area contributed by atoms with Gasteiger partial charge in [-0.15, -0.1) is 0 Å². The lowest BCUT2D eigenvalue weighted by Gasteiger charge is -2.36.